The van der Waals surface area contributed by atoms with Crippen LogP contribution < -0.4 is 14.4 Å². The van der Waals surface area contributed by atoms with Crippen molar-refractivity contribution in [2.45, 2.75) is 24.8 Å². The molecular weight excluding hydrogens is 416 g/mol. The topological polar surface area (TPSA) is 84.9 Å². The molecule has 0 saturated carbocycles. The van der Waals surface area contributed by atoms with E-state index >= 15 is 0 Å². The van der Waals surface area contributed by atoms with Crippen molar-refractivity contribution >= 4 is 33.2 Å². The van der Waals surface area contributed by atoms with Crippen molar-refractivity contribution < 1.29 is 22.7 Å². The number of carbonyl (C=O) groups is 1. The Morgan fingerprint density at radius 3 is 2.31 bits per heavy atom. The summed E-state index contributed by atoms with van der Waals surface area (Å²) in [5.74, 6) is 0.166. The van der Waals surface area contributed by atoms with Gasteiger partial charge in [0.2, 0.25) is 5.91 Å². The van der Waals surface area contributed by atoms with Crippen molar-refractivity contribution in [2.75, 3.05) is 31.2 Å². The van der Waals surface area contributed by atoms with Crippen LogP contribution in [-0.2, 0) is 19.6 Å². The normalized spacial score (nSPS) is 12.3. The first kappa shape index (κ1) is 23.0. The Hall–Kier alpha value is -2.29. The molecule has 1 amide bonds. The summed E-state index contributed by atoms with van der Waals surface area (Å²) in [6.45, 7) is 4.06. The van der Waals surface area contributed by atoms with Crippen LogP contribution in [0.25, 0.3) is 0 Å². The summed E-state index contributed by atoms with van der Waals surface area (Å²) in [4.78, 5) is 12.5. The van der Waals surface area contributed by atoms with E-state index in [0.29, 0.717) is 29.7 Å². The van der Waals surface area contributed by atoms with Gasteiger partial charge < -0.3 is 14.8 Å². The van der Waals surface area contributed by atoms with Gasteiger partial charge in [0.15, 0.2) is 0 Å². The van der Waals surface area contributed by atoms with Gasteiger partial charge in [-0.1, -0.05) is 11.6 Å². The largest absolute Gasteiger partial charge is 0.494 e. The minimum Gasteiger partial charge on any atom is -0.494 e. The Morgan fingerprint density at radius 1 is 1.14 bits per heavy atom. The van der Waals surface area contributed by atoms with Crippen molar-refractivity contribution in [3.63, 3.8) is 0 Å². The van der Waals surface area contributed by atoms with Gasteiger partial charge >= 0.3 is 0 Å². The van der Waals surface area contributed by atoms with E-state index in [0.717, 1.165) is 4.31 Å². The Labute approximate surface area is 176 Å². The van der Waals surface area contributed by atoms with E-state index < -0.39 is 15.9 Å². The smallest absolute Gasteiger partial charge is 0.264 e. The summed E-state index contributed by atoms with van der Waals surface area (Å²) in [6, 6.07) is 12.1. The maximum atomic E-state index is 13.2. The predicted octanol–water partition coefficient (Wildman–Crippen LogP) is 3.09. The molecule has 0 heterocycles. The lowest BCUT2D eigenvalue weighted by atomic mass is 10.3. The van der Waals surface area contributed by atoms with E-state index in [1.54, 1.807) is 31.2 Å². The number of hydrogen-bond acceptors (Lipinski definition) is 5. The zero-order valence-electron chi connectivity index (χ0n) is 16.6. The average molecular weight is 441 g/mol. The van der Waals surface area contributed by atoms with Crippen molar-refractivity contribution in [2.24, 2.45) is 0 Å². The molecule has 2 aromatic carbocycles. The second-order valence-corrected chi connectivity index (χ2v) is 8.62. The third-order valence-corrected chi connectivity index (χ3v) is 5.99. The molecule has 29 heavy (non-hydrogen) atoms. The summed E-state index contributed by atoms with van der Waals surface area (Å²) in [6.07, 6.45) is 0. The second kappa shape index (κ2) is 10.5. The zero-order chi connectivity index (χ0) is 21.4. The van der Waals surface area contributed by atoms with E-state index in [9.17, 15) is 13.2 Å². The molecule has 0 fully saturated rings. The molecule has 2 rings (SSSR count). The van der Waals surface area contributed by atoms with Crippen LogP contribution in [0.5, 0.6) is 5.75 Å². The van der Waals surface area contributed by atoms with E-state index in [2.05, 4.69) is 5.32 Å². The lowest BCUT2D eigenvalue weighted by Gasteiger charge is -2.25. The summed E-state index contributed by atoms with van der Waals surface area (Å²) < 4.78 is 38.0. The number of anilines is 1. The average Bonchev–Trinajstić information content (AvgIpc) is 2.67. The number of ether oxygens (including phenoxy) is 2. The van der Waals surface area contributed by atoms with Crippen LogP contribution in [0, 0.1) is 0 Å². The van der Waals surface area contributed by atoms with Crippen LogP contribution >= 0.6 is 11.6 Å². The number of halogens is 1. The van der Waals surface area contributed by atoms with Gasteiger partial charge in [0.25, 0.3) is 10.0 Å². The van der Waals surface area contributed by atoms with Gasteiger partial charge in [-0.2, -0.15) is 0 Å². The monoisotopic (exact) mass is 440 g/mol. The Bertz CT molecular complexity index is 901. The highest BCUT2D eigenvalue weighted by molar-refractivity contribution is 7.92. The van der Waals surface area contributed by atoms with Gasteiger partial charge in [0.05, 0.1) is 23.8 Å². The number of amides is 1. The summed E-state index contributed by atoms with van der Waals surface area (Å²) >= 11 is 5.88. The molecule has 1 atom stereocenters. The zero-order valence-corrected chi connectivity index (χ0v) is 18.2. The SMILES string of the molecule is CCOc1ccc(N(CC(=O)N[C@@H](C)COC)S(=O)(=O)c2ccc(Cl)cc2)cc1. The van der Waals surface area contributed by atoms with Gasteiger partial charge in [-0.05, 0) is 62.4 Å². The maximum Gasteiger partial charge on any atom is 0.264 e. The molecule has 0 bridgehead atoms. The van der Waals surface area contributed by atoms with Crippen LogP contribution in [-0.4, -0.2) is 47.2 Å². The predicted molar refractivity (Wildman–Crippen MR) is 113 cm³/mol. The molecule has 0 unspecified atom stereocenters. The van der Waals surface area contributed by atoms with Crippen molar-refractivity contribution in [1.82, 2.24) is 5.32 Å². The van der Waals surface area contributed by atoms with Crippen molar-refractivity contribution in [3.8, 4) is 5.75 Å². The van der Waals surface area contributed by atoms with Crippen molar-refractivity contribution in [3.05, 3.63) is 53.6 Å². The molecule has 0 aliphatic heterocycles. The molecule has 2 aromatic rings. The van der Waals surface area contributed by atoms with Crippen LogP contribution in [0.15, 0.2) is 53.4 Å². The minimum atomic E-state index is -4.00. The molecule has 0 radical (unpaired) electrons. The first-order valence-corrected chi connectivity index (χ1v) is 10.9. The summed E-state index contributed by atoms with van der Waals surface area (Å²) in [5.41, 5.74) is 0.345. The number of rotatable bonds is 10. The van der Waals surface area contributed by atoms with E-state index in [-0.39, 0.29) is 17.5 Å². The molecule has 7 nitrogen and oxygen atoms in total. The van der Waals surface area contributed by atoms with Gasteiger partial charge in [-0.15, -0.1) is 0 Å². The third kappa shape index (κ3) is 6.35. The maximum absolute atomic E-state index is 13.2. The fourth-order valence-corrected chi connectivity index (χ4v) is 4.21. The van der Waals surface area contributed by atoms with E-state index in [1.807, 2.05) is 6.92 Å². The van der Waals surface area contributed by atoms with Gasteiger partial charge in [-0.3, -0.25) is 9.10 Å². The number of methoxy groups -OCH3 is 1. The Balaban J connectivity index is 2.36. The third-order valence-electron chi connectivity index (χ3n) is 3.95. The quantitative estimate of drug-likeness (QED) is 0.613. The molecule has 0 spiro atoms. The molecule has 9 heteroatoms. The number of nitrogens with one attached hydrogen (secondary N) is 1. The number of benzene rings is 2. The number of carbonyl (C=O) groups excluding carboxylic acids is 1. The fourth-order valence-electron chi connectivity index (χ4n) is 2.67. The number of hydrogen-bond donors (Lipinski definition) is 1. The Kier molecular flexibility index (Phi) is 8.31. The molecule has 158 valence electrons. The Morgan fingerprint density at radius 2 is 1.76 bits per heavy atom. The second-order valence-electron chi connectivity index (χ2n) is 6.32. The molecule has 0 saturated heterocycles. The number of nitrogens with zero attached hydrogens (tertiary/aromatic N) is 1. The van der Waals surface area contributed by atoms with Crippen LogP contribution in [0.2, 0.25) is 5.02 Å². The highest BCUT2D eigenvalue weighted by atomic mass is 35.5. The molecule has 0 aliphatic carbocycles. The summed E-state index contributed by atoms with van der Waals surface area (Å²) in [5, 5.41) is 3.15. The lowest BCUT2D eigenvalue weighted by Crippen LogP contribution is -2.44. The van der Waals surface area contributed by atoms with Gasteiger partial charge in [0.1, 0.15) is 12.3 Å². The standard InChI is InChI=1S/C20H25ClN2O5S/c1-4-28-18-9-7-17(8-10-18)23(13-20(24)22-15(2)14-27-3)29(25,26)19-11-5-16(21)6-12-19/h5-12,15H,4,13-14H2,1-3H3,(H,22,24)/t15-/m0/s1. The van der Waals surface area contributed by atoms with E-state index in [4.69, 9.17) is 21.1 Å². The number of sulfonamides is 1. The fraction of sp³-hybridized carbons (Fsp3) is 0.350. The minimum absolute atomic E-state index is 0.0357. The van der Waals surface area contributed by atoms with E-state index in [1.165, 1.54) is 31.4 Å². The van der Waals surface area contributed by atoms with Crippen LogP contribution in [0.1, 0.15) is 13.8 Å². The summed E-state index contributed by atoms with van der Waals surface area (Å²) in [7, 11) is -2.47. The first-order chi connectivity index (χ1) is 13.8. The molecule has 0 aliphatic rings. The lowest BCUT2D eigenvalue weighted by molar-refractivity contribution is -0.120. The highest BCUT2D eigenvalue weighted by Gasteiger charge is 2.27. The molecule has 0 aromatic heterocycles. The molecular formula is C20H25ClN2O5S. The highest BCUT2D eigenvalue weighted by Crippen LogP contribution is 2.26. The van der Waals surface area contributed by atoms with Gasteiger partial charge in [0, 0.05) is 18.2 Å². The first-order valence-electron chi connectivity index (χ1n) is 9.07. The van der Waals surface area contributed by atoms with Crippen LogP contribution in [0.3, 0.4) is 0 Å². The van der Waals surface area contributed by atoms with Crippen molar-refractivity contribution in [1.29, 1.82) is 0 Å². The van der Waals surface area contributed by atoms with Gasteiger partial charge in [-0.25, -0.2) is 8.42 Å². The molecule has 1 N–H and O–H groups in total. The van der Waals surface area contributed by atoms with Crippen LogP contribution in [0.4, 0.5) is 5.69 Å².